The summed E-state index contributed by atoms with van der Waals surface area (Å²) in [6, 6.07) is -0.0990. The van der Waals surface area contributed by atoms with Crippen molar-refractivity contribution in [3.05, 3.63) is 12.7 Å². The topological polar surface area (TPSA) is 41.6 Å². The Balaban J connectivity index is 2.30. The number of allylic oxidation sites excluding steroid dienone is 1. The fraction of sp³-hybridized carbons (Fsp3) is 0.786. The van der Waals surface area contributed by atoms with Gasteiger partial charge in [-0.05, 0) is 32.7 Å². The third kappa shape index (κ3) is 5.19. The quantitative estimate of drug-likeness (QED) is 0.405. The number of nitrogens with one attached hydrogen (secondary N) is 1. The van der Waals surface area contributed by atoms with Gasteiger partial charge in [0.2, 0.25) is 0 Å². The van der Waals surface area contributed by atoms with Gasteiger partial charge in [0.1, 0.15) is 6.04 Å². The number of esters is 1. The van der Waals surface area contributed by atoms with Gasteiger partial charge in [-0.1, -0.05) is 12.5 Å². The number of unbranched alkanes of at least 4 members (excludes halogenated alkanes) is 3. The Kier molecular flexibility index (Phi) is 7.69. The van der Waals surface area contributed by atoms with Gasteiger partial charge in [-0.25, -0.2) is 0 Å². The van der Waals surface area contributed by atoms with Crippen LogP contribution in [0.2, 0.25) is 0 Å². The highest BCUT2D eigenvalue weighted by molar-refractivity contribution is 5.76. The van der Waals surface area contributed by atoms with Crippen molar-refractivity contribution in [2.24, 2.45) is 0 Å². The van der Waals surface area contributed by atoms with Crippen LogP contribution in [0.25, 0.3) is 0 Å². The Bertz CT molecular complexity index is 256. The van der Waals surface area contributed by atoms with Crippen LogP contribution in [0.15, 0.2) is 12.7 Å². The molecule has 1 heterocycles. The van der Waals surface area contributed by atoms with Crippen LogP contribution >= 0.6 is 0 Å². The van der Waals surface area contributed by atoms with Gasteiger partial charge in [0.15, 0.2) is 0 Å². The van der Waals surface area contributed by atoms with Crippen molar-refractivity contribution in [3.8, 4) is 0 Å². The zero-order valence-electron chi connectivity index (χ0n) is 11.5. The van der Waals surface area contributed by atoms with E-state index in [1.54, 1.807) is 0 Å². The molecule has 0 saturated carbocycles. The van der Waals surface area contributed by atoms with E-state index < -0.39 is 0 Å². The zero-order chi connectivity index (χ0) is 13.2. The second-order valence-electron chi connectivity index (χ2n) is 4.65. The van der Waals surface area contributed by atoms with Crippen LogP contribution in [0.1, 0.15) is 32.6 Å². The molecule has 0 aliphatic carbocycles. The average molecular weight is 254 g/mol. The zero-order valence-corrected chi connectivity index (χ0v) is 11.5. The molecule has 0 spiro atoms. The number of carbonyl (C=O) groups is 1. The van der Waals surface area contributed by atoms with Crippen LogP contribution in [0.5, 0.6) is 0 Å². The minimum atomic E-state index is -0.0990. The molecule has 1 unspecified atom stereocenters. The fourth-order valence-electron chi connectivity index (χ4n) is 2.27. The first-order valence-electron chi connectivity index (χ1n) is 7.02. The van der Waals surface area contributed by atoms with E-state index in [0.29, 0.717) is 13.2 Å². The first kappa shape index (κ1) is 15.2. The van der Waals surface area contributed by atoms with Gasteiger partial charge in [-0.15, -0.1) is 6.58 Å². The molecule has 0 radical (unpaired) electrons. The second kappa shape index (κ2) is 9.11. The number of rotatable bonds is 8. The van der Waals surface area contributed by atoms with Crippen LogP contribution < -0.4 is 5.32 Å². The van der Waals surface area contributed by atoms with Crippen LogP contribution in [0.3, 0.4) is 0 Å². The Morgan fingerprint density at radius 3 is 3.06 bits per heavy atom. The maximum Gasteiger partial charge on any atom is 0.324 e. The summed E-state index contributed by atoms with van der Waals surface area (Å²) < 4.78 is 5.12. The molecule has 4 nitrogen and oxygen atoms in total. The molecule has 1 N–H and O–H groups in total. The normalized spacial score (nSPS) is 20.6. The third-order valence-electron chi connectivity index (χ3n) is 3.27. The number of piperazine rings is 1. The van der Waals surface area contributed by atoms with Crippen LogP contribution in [0, 0.1) is 0 Å². The third-order valence-corrected chi connectivity index (χ3v) is 3.27. The van der Waals surface area contributed by atoms with E-state index in [9.17, 15) is 4.79 Å². The Hall–Kier alpha value is -0.870. The molecule has 0 aromatic rings. The van der Waals surface area contributed by atoms with Gasteiger partial charge in [0.05, 0.1) is 6.61 Å². The average Bonchev–Trinajstić information content (AvgIpc) is 2.39. The molecule has 0 aromatic heterocycles. The van der Waals surface area contributed by atoms with Gasteiger partial charge in [-0.2, -0.15) is 0 Å². The molecule has 1 aliphatic heterocycles. The first-order valence-corrected chi connectivity index (χ1v) is 7.02. The molecule has 1 aliphatic rings. The van der Waals surface area contributed by atoms with E-state index in [1.165, 1.54) is 12.8 Å². The van der Waals surface area contributed by atoms with E-state index in [2.05, 4.69) is 16.8 Å². The van der Waals surface area contributed by atoms with Gasteiger partial charge < -0.3 is 10.1 Å². The van der Waals surface area contributed by atoms with Crippen molar-refractivity contribution in [1.82, 2.24) is 10.2 Å². The second-order valence-corrected chi connectivity index (χ2v) is 4.65. The molecule has 18 heavy (non-hydrogen) atoms. The van der Waals surface area contributed by atoms with Gasteiger partial charge in [-0.3, -0.25) is 9.69 Å². The highest BCUT2D eigenvalue weighted by atomic mass is 16.5. The number of hydrogen-bond acceptors (Lipinski definition) is 4. The molecule has 4 heteroatoms. The molecule has 104 valence electrons. The number of ether oxygens (including phenoxy) is 1. The first-order chi connectivity index (χ1) is 8.79. The number of hydrogen-bond donors (Lipinski definition) is 1. The van der Waals surface area contributed by atoms with Gasteiger partial charge in [0, 0.05) is 19.6 Å². The largest absolute Gasteiger partial charge is 0.465 e. The predicted molar refractivity (Wildman–Crippen MR) is 73.5 cm³/mol. The van der Waals surface area contributed by atoms with E-state index in [-0.39, 0.29) is 12.0 Å². The van der Waals surface area contributed by atoms with Crippen molar-refractivity contribution >= 4 is 5.97 Å². The summed E-state index contributed by atoms with van der Waals surface area (Å²) >= 11 is 0. The smallest absolute Gasteiger partial charge is 0.324 e. The highest BCUT2D eigenvalue weighted by Gasteiger charge is 2.28. The lowest BCUT2D eigenvalue weighted by molar-refractivity contribution is -0.150. The molecule has 0 aromatic carbocycles. The molecule has 1 rings (SSSR count). The minimum Gasteiger partial charge on any atom is -0.465 e. The predicted octanol–water partition coefficient (Wildman–Crippen LogP) is 1.57. The Morgan fingerprint density at radius 2 is 2.33 bits per heavy atom. The fourth-order valence-corrected chi connectivity index (χ4v) is 2.27. The van der Waals surface area contributed by atoms with Crippen molar-refractivity contribution in [3.63, 3.8) is 0 Å². The molecule has 1 saturated heterocycles. The Morgan fingerprint density at radius 1 is 1.50 bits per heavy atom. The maximum atomic E-state index is 11.8. The van der Waals surface area contributed by atoms with Crippen molar-refractivity contribution in [2.75, 3.05) is 32.8 Å². The van der Waals surface area contributed by atoms with Gasteiger partial charge in [0.25, 0.3) is 0 Å². The molecule has 0 bridgehead atoms. The molecule has 1 atom stereocenters. The molecule has 0 amide bonds. The summed E-state index contributed by atoms with van der Waals surface area (Å²) in [6.07, 6.45) is 6.59. The highest BCUT2D eigenvalue weighted by Crippen LogP contribution is 2.09. The lowest BCUT2D eigenvalue weighted by atomic mass is 10.1. The van der Waals surface area contributed by atoms with E-state index in [0.717, 1.165) is 32.5 Å². The van der Waals surface area contributed by atoms with Crippen LogP contribution in [-0.2, 0) is 9.53 Å². The summed E-state index contributed by atoms with van der Waals surface area (Å²) in [5, 5.41) is 3.26. The number of carbonyl (C=O) groups excluding carboxylic acids is 1. The van der Waals surface area contributed by atoms with E-state index in [4.69, 9.17) is 4.74 Å². The van der Waals surface area contributed by atoms with Crippen molar-refractivity contribution in [1.29, 1.82) is 0 Å². The standard InChI is InChI=1S/C14H26N2O2/c1-3-5-6-7-8-10-16-11-9-15-12-13(16)14(17)18-4-2/h3,13,15H,1,4-12H2,2H3. The lowest BCUT2D eigenvalue weighted by Gasteiger charge is -2.34. The van der Waals surface area contributed by atoms with Crippen LogP contribution in [0.4, 0.5) is 0 Å². The van der Waals surface area contributed by atoms with E-state index >= 15 is 0 Å². The SMILES string of the molecule is C=CCCCCCN1CCNCC1C(=O)OCC. The summed E-state index contributed by atoms with van der Waals surface area (Å²) in [7, 11) is 0. The summed E-state index contributed by atoms with van der Waals surface area (Å²) in [6.45, 7) is 9.64. The summed E-state index contributed by atoms with van der Waals surface area (Å²) in [5.41, 5.74) is 0. The van der Waals surface area contributed by atoms with Gasteiger partial charge >= 0.3 is 5.97 Å². The summed E-state index contributed by atoms with van der Waals surface area (Å²) in [5.74, 6) is -0.0872. The van der Waals surface area contributed by atoms with Crippen LogP contribution in [-0.4, -0.2) is 49.7 Å². The Labute approximate surface area is 110 Å². The van der Waals surface area contributed by atoms with Crippen molar-refractivity contribution < 1.29 is 9.53 Å². The lowest BCUT2D eigenvalue weighted by Crippen LogP contribution is -2.55. The molecular formula is C14H26N2O2. The van der Waals surface area contributed by atoms with Crippen molar-refractivity contribution in [2.45, 2.75) is 38.6 Å². The molecule has 1 fully saturated rings. The molecular weight excluding hydrogens is 228 g/mol. The maximum absolute atomic E-state index is 11.8. The van der Waals surface area contributed by atoms with E-state index in [1.807, 2.05) is 13.0 Å². The monoisotopic (exact) mass is 254 g/mol. The summed E-state index contributed by atoms with van der Waals surface area (Å²) in [4.78, 5) is 14.1. The minimum absolute atomic E-state index is 0.0872. The number of nitrogens with zero attached hydrogens (tertiary/aromatic N) is 1.